The van der Waals surface area contributed by atoms with Gasteiger partial charge in [0.1, 0.15) is 11.9 Å². The van der Waals surface area contributed by atoms with Crippen LogP contribution in [-0.4, -0.2) is 37.0 Å². The Balaban J connectivity index is 1.84. The van der Waals surface area contributed by atoms with Gasteiger partial charge in [0.2, 0.25) is 5.91 Å². The average Bonchev–Trinajstić information content (AvgIpc) is 3.20. The summed E-state index contributed by atoms with van der Waals surface area (Å²) in [6.45, 7) is 0. The molecule has 2 aromatic carbocycles. The van der Waals surface area contributed by atoms with Crippen LogP contribution in [0.25, 0.3) is 0 Å². The molecule has 2 aromatic rings. The van der Waals surface area contributed by atoms with Crippen molar-refractivity contribution in [2.75, 3.05) is 14.2 Å². The Morgan fingerprint density at radius 1 is 1.14 bits per heavy atom. The Morgan fingerprint density at radius 3 is 2.48 bits per heavy atom. The molecule has 154 valence electrons. The number of hydrogen-bond acceptors (Lipinski definition) is 4. The van der Waals surface area contributed by atoms with E-state index in [1.165, 1.54) is 37.3 Å². The Bertz CT molecular complexity index is 896. The molecule has 1 atom stereocenters. The largest absolute Gasteiger partial charge is 0.493 e. The highest BCUT2D eigenvalue weighted by Crippen LogP contribution is 2.33. The van der Waals surface area contributed by atoms with Gasteiger partial charge >= 0.3 is 0 Å². The lowest BCUT2D eigenvalue weighted by atomic mass is 10.0. The molecule has 7 heteroatoms. The molecule has 0 saturated heterocycles. The molecule has 0 radical (unpaired) electrons. The minimum absolute atomic E-state index is 0.153. The summed E-state index contributed by atoms with van der Waals surface area (Å²) in [5, 5.41) is 0. The summed E-state index contributed by atoms with van der Waals surface area (Å²) in [7, 11) is 2.96. The zero-order chi connectivity index (χ0) is 21.0. The fourth-order valence-electron chi connectivity index (χ4n) is 3.66. The van der Waals surface area contributed by atoms with Crippen LogP contribution in [0.3, 0.4) is 0 Å². The molecule has 29 heavy (non-hydrogen) atoms. The van der Waals surface area contributed by atoms with Gasteiger partial charge in [-0.25, -0.2) is 4.39 Å². The number of nitrogens with two attached hydrogens (primary N) is 1. The summed E-state index contributed by atoms with van der Waals surface area (Å²) >= 11 is 0. The minimum atomic E-state index is -1.10. The summed E-state index contributed by atoms with van der Waals surface area (Å²) in [6.07, 6.45) is 4.44. The molecule has 2 amide bonds. The first-order chi connectivity index (χ1) is 13.9. The Kier molecular flexibility index (Phi) is 6.36. The van der Waals surface area contributed by atoms with Gasteiger partial charge in [0, 0.05) is 12.6 Å². The van der Waals surface area contributed by atoms with Crippen molar-refractivity contribution in [3.8, 4) is 11.5 Å². The number of ether oxygens (including phenoxy) is 2. The maximum Gasteiger partial charge on any atom is 0.254 e. The van der Waals surface area contributed by atoms with Crippen molar-refractivity contribution < 1.29 is 23.5 Å². The number of rotatable bonds is 7. The van der Waals surface area contributed by atoms with E-state index in [1.54, 1.807) is 24.3 Å². The smallest absolute Gasteiger partial charge is 0.254 e. The predicted octanol–water partition coefficient (Wildman–Crippen LogP) is 3.45. The van der Waals surface area contributed by atoms with E-state index in [9.17, 15) is 14.0 Å². The normalized spacial score (nSPS) is 15.0. The second kappa shape index (κ2) is 8.94. The Labute approximate surface area is 169 Å². The van der Waals surface area contributed by atoms with Gasteiger partial charge < -0.3 is 20.1 Å². The zero-order valence-corrected chi connectivity index (χ0v) is 16.6. The van der Waals surface area contributed by atoms with E-state index in [4.69, 9.17) is 15.2 Å². The summed E-state index contributed by atoms with van der Waals surface area (Å²) < 4.78 is 25.0. The van der Waals surface area contributed by atoms with Crippen LogP contribution in [0, 0.1) is 5.82 Å². The number of halogens is 1. The van der Waals surface area contributed by atoms with Crippen molar-refractivity contribution in [3.63, 3.8) is 0 Å². The molecule has 1 fully saturated rings. The summed E-state index contributed by atoms with van der Waals surface area (Å²) in [4.78, 5) is 26.2. The molecule has 2 N–H and O–H groups in total. The standard InChI is InChI=1S/C22H25FN2O4/c1-25(20(21(24)26)14-6-5-7-16(23)12-14)22(27)15-10-11-18(19(13-15)28-2)29-17-8-3-4-9-17/h5-7,10-13,17,20H,3-4,8-9H2,1-2H3,(H2,24,26). The number of carbonyl (C=O) groups is 2. The summed E-state index contributed by atoms with van der Waals surface area (Å²) in [6, 6.07) is 9.27. The van der Waals surface area contributed by atoms with E-state index in [0.717, 1.165) is 25.7 Å². The number of carbonyl (C=O) groups excluding carboxylic acids is 2. The van der Waals surface area contributed by atoms with Crippen LogP contribution >= 0.6 is 0 Å². The third-order valence-corrected chi connectivity index (χ3v) is 5.15. The van der Waals surface area contributed by atoms with Crippen LogP contribution in [0.5, 0.6) is 11.5 Å². The van der Waals surface area contributed by atoms with E-state index in [1.807, 2.05) is 0 Å². The van der Waals surface area contributed by atoms with Gasteiger partial charge in [-0.1, -0.05) is 12.1 Å². The second-order valence-electron chi connectivity index (χ2n) is 7.17. The van der Waals surface area contributed by atoms with Crippen LogP contribution in [0.2, 0.25) is 0 Å². The number of hydrogen-bond donors (Lipinski definition) is 1. The molecule has 0 bridgehead atoms. The van der Waals surface area contributed by atoms with Crippen LogP contribution < -0.4 is 15.2 Å². The molecule has 1 aliphatic rings. The highest BCUT2D eigenvalue weighted by Gasteiger charge is 2.28. The van der Waals surface area contributed by atoms with Crippen LogP contribution in [-0.2, 0) is 4.79 Å². The molecule has 3 rings (SSSR count). The lowest BCUT2D eigenvalue weighted by Gasteiger charge is -2.26. The van der Waals surface area contributed by atoms with E-state index < -0.39 is 23.7 Å². The highest BCUT2D eigenvalue weighted by molar-refractivity contribution is 5.98. The maximum atomic E-state index is 13.6. The fourth-order valence-corrected chi connectivity index (χ4v) is 3.66. The van der Waals surface area contributed by atoms with Gasteiger partial charge in [-0.3, -0.25) is 9.59 Å². The van der Waals surface area contributed by atoms with Crippen molar-refractivity contribution in [2.45, 2.75) is 37.8 Å². The van der Waals surface area contributed by atoms with Gasteiger partial charge in [0.15, 0.2) is 11.5 Å². The third-order valence-electron chi connectivity index (χ3n) is 5.15. The number of methoxy groups -OCH3 is 1. The molecule has 6 nitrogen and oxygen atoms in total. The second-order valence-corrected chi connectivity index (χ2v) is 7.17. The van der Waals surface area contributed by atoms with E-state index in [-0.39, 0.29) is 6.10 Å². The van der Waals surface area contributed by atoms with E-state index >= 15 is 0 Å². The first kappa shape index (κ1) is 20.6. The van der Waals surface area contributed by atoms with Crippen molar-refractivity contribution in [3.05, 3.63) is 59.4 Å². The zero-order valence-electron chi connectivity index (χ0n) is 16.6. The van der Waals surface area contributed by atoms with Crippen molar-refractivity contribution in [2.24, 2.45) is 5.73 Å². The van der Waals surface area contributed by atoms with Gasteiger partial charge in [0.25, 0.3) is 5.91 Å². The van der Waals surface area contributed by atoms with Gasteiger partial charge in [-0.15, -0.1) is 0 Å². The van der Waals surface area contributed by atoms with Gasteiger partial charge in [-0.2, -0.15) is 0 Å². The number of primary amides is 1. The molecule has 0 spiro atoms. The number of nitrogens with zero attached hydrogens (tertiary/aromatic N) is 1. The van der Waals surface area contributed by atoms with Crippen LogP contribution in [0.4, 0.5) is 4.39 Å². The molecular formula is C22H25FN2O4. The number of amides is 2. The van der Waals surface area contributed by atoms with E-state index in [0.29, 0.717) is 22.6 Å². The minimum Gasteiger partial charge on any atom is -0.493 e. The number of likely N-dealkylation sites (N-methyl/N-ethyl adjacent to an activating group) is 1. The monoisotopic (exact) mass is 400 g/mol. The Hall–Kier alpha value is -3.09. The Morgan fingerprint density at radius 2 is 1.86 bits per heavy atom. The molecular weight excluding hydrogens is 375 g/mol. The molecule has 0 aromatic heterocycles. The van der Waals surface area contributed by atoms with Gasteiger partial charge in [0.05, 0.1) is 13.2 Å². The van der Waals surface area contributed by atoms with Crippen LogP contribution in [0.15, 0.2) is 42.5 Å². The lowest BCUT2D eigenvalue weighted by Crippen LogP contribution is -2.39. The molecule has 0 heterocycles. The quantitative estimate of drug-likeness (QED) is 0.772. The van der Waals surface area contributed by atoms with E-state index in [2.05, 4.69) is 0 Å². The average molecular weight is 400 g/mol. The third kappa shape index (κ3) is 4.67. The summed E-state index contributed by atoms with van der Waals surface area (Å²) in [5.74, 6) is -0.680. The van der Waals surface area contributed by atoms with Crippen LogP contribution in [0.1, 0.15) is 47.6 Å². The maximum absolute atomic E-state index is 13.6. The highest BCUT2D eigenvalue weighted by atomic mass is 19.1. The predicted molar refractivity (Wildman–Crippen MR) is 106 cm³/mol. The first-order valence-corrected chi connectivity index (χ1v) is 9.57. The lowest BCUT2D eigenvalue weighted by molar-refractivity contribution is -0.122. The van der Waals surface area contributed by atoms with Crippen molar-refractivity contribution in [1.29, 1.82) is 0 Å². The molecule has 1 aliphatic carbocycles. The molecule has 1 unspecified atom stereocenters. The van der Waals surface area contributed by atoms with Crippen molar-refractivity contribution in [1.82, 2.24) is 4.90 Å². The van der Waals surface area contributed by atoms with Gasteiger partial charge in [-0.05, 0) is 61.6 Å². The molecule has 0 aliphatic heterocycles. The fraction of sp³-hybridized carbons (Fsp3) is 0.364. The number of benzene rings is 2. The topological polar surface area (TPSA) is 81.9 Å². The SMILES string of the molecule is COc1cc(C(=O)N(C)C(C(N)=O)c2cccc(F)c2)ccc1OC1CCCC1. The van der Waals surface area contributed by atoms with Crippen molar-refractivity contribution >= 4 is 11.8 Å². The summed E-state index contributed by atoms with van der Waals surface area (Å²) in [5.41, 5.74) is 6.13. The first-order valence-electron chi connectivity index (χ1n) is 9.57. The molecule has 1 saturated carbocycles.